The molecule has 4 rings (SSSR count). The summed E-state index contributed by atoms with van der Waals surface area (Å²) in [6.45, 7) is 9.51. The summed E-state index contributed by atoms with van der Waals surface area (Å²) in [4.78, 5) is 14.3. The fraction of sp³-hybridized carbons (Fsp3) is 0.778. The van der Waals surface area contributed by atoms with Gasteiger partial charge in [-0.3, -0.25) is 9.98 Å². The SMILES string of the molecule is CC(C)N1CCC(OC2=CC3CC4C=NCCN4C3=NC2)CC1. The first-order chi connectivity index (χ1) is 11.2. The summed E-state index contributed by atoms with van der Waals surface area (Å²) >= 11 is 0. The molecule has 5 heteroatoms. The van der Waals surface area contributed by atoms with Gasteiger partial charge in [-0.15, -0.1) is 0 Å². The lowest BCUT2D eigenvalue weighted by Crippen LogP contribution is -2.41. The third kappa shape index (κ3) is 3.03. The number of hydrogen-bond donors (Lipinski definition) is 0. The Balaban J connectivity index is 1.35. The van der Waals surface area contributed by atoms with Gasteiger partial charge in [0.2, 0.25) is 0 Å². The van der Waals surface area contributed by atoms with Gasteiger partial charge in [-0.2, -0.15) is 0 Å². The zero-order valence-electron chi connectivity index (χ0n) is 14.3. The van der Waals surface area contributed by atoms with E-state index in [2.05, 4.69) is 40.9 Å². The van der Waals surface area contributed by atoms with Crippen LogP contribution in [0.4, 0.5) is 0 Å². The number of rotatable bonds is 3. The third-order valence-electron chi connectivity index (χ3n) is 5.58. The van der Waals surface area contributed by atoms with Crippen molar-refractivity contribution in [2.75, 3.05) is 32.7 Å². The number of likely N-dealkylation sites (tertiary alicyclic amines) is 1. The van der Waals surface area contributed by atoms with Gasteiger partial charge in [0.15, 0.2) is 0 Å². The Hall–Kier alpha value is -1.36. The Kier molecular flexibility index (Phi) is 4.14. The van der Waals surface area contributed by atoms with Crippen LogP contribution in [0.15, 0.2) is 21.8 Å². The van der Waals surface area contributed by atoms with Gasteiger partial charge in [-0.1, -0.05) is 0 Å². The van der Waals surface area contributed by atoms with E-state index >= 15 is 0 Å². The largest absolute Gasteiger partial charge is 0.493 e. The maximum absolute atomic E-state index is 6.30. The van der Waals surface area contributed by atoms with E-state index in [1.165, 1.54) is 5.84 Å². The van der Waals surface area contributed by atoms with Crippen LogP contribution >= 0.6 is 0 Å². The van der Waals surface area contributed by atoms with Crippen molar-refractivity contribution < 1.29 is 4.74 Å². The molecule has 126 valence electrons. The zero-order chi connectivity index (χ0) is 15.8. The fourth-order valence-electron chi connectivity index (χ4n) is 4.25. The Morgan fingerprint density at radius 1 is 1.22 bits per heavy atom. The first kappa shape index (κ1) is 15.2. The van der Waals surface area contributed by atoms with Crippen LogP contribution in [0, 0.1) is 5.92 Å². The molecule has 0 saturated carbocycles. The maximum Gasteiger partial charge on any atom is 0.115 e. The first-order valence-corrected chi connectivity index (χ1v) is 9.13. The highest BCUT2D eigenvalue weighted by Gasteiger charge is 2.38. The number of aliphatic imine (C=N–C) groups is 2. The molecule has 0 amide bonds. The Bertz CT molecular complexity index is 531. The summed E-state index contributed by atoms with van der Waals surface area (Å²) in [5.41, 5.74) is 0. The van der Waals surface area contributed by atoms with E-state index in [1.54, 1.807) is 0 Å². The van der Waals surface area contributed by atoms with Crippen molar-refractivity contribution in [2.45, 2.75) is 51.3 Å². The van der Waals surface area contributed by atoms with Gasteiger partial charge in [-0.05, 0) is 39.2 Å². The summed E-state index contributed by atoms with van der Waals surface area (Å²) in [6, 6.07) is 1.10. The summed E-state index contributed by atoms with van der Waals surface area (Å²) in [7, 11) is 0. The van der Waals surface area contributed by atoms with E-state index in [0.29, 0.717) is 24.1 Å². The average molecular weight is 316 g/mol. The highest BCUT2D eigenvalue weighted by molar-refractivity contribution is 5.93. The van der Waals surface area contributed by atoms with Crippen molar-refractivity contribution in [3.05, 3.63) is 11.8 Å². The number of hydrogen-bond acceptors (Lipinski definition) is 5. The molecule has 2 unspecified atom stereocenters. The Labute approximate surface area is 139 Å². The van der Waals surface area contributed by atoms with Crippen molar-refractivity contribution in [3.63, 3.8) is 0 Å². The number of nitrogens with zero attached hydrogens (tertiary/aromatic N) is 4. The molecule has 5 nitrogen and oxygen atoms in total. The van der Waals surface area contributed by atoms with Gasteiger partial charge < -0.3 is 14.5 Å². The molecule has 2 fully saturated rings. The van der Waals surface area contributed by atoms with E-state index in [0.717, 1.165) is 57.7 Å². The smallest absolute Gasteiger partial charge is 0.115 e. The molecule has 2 atom stereocenters. The molecule has 0 spiro atoms. The quantitative estimate of drug-likeness (QED) is 0.799. The van der Waals surface area contributed by atoms with Crippen LogP contribution in [-0.4, -0.2) is 72.8 Å². The molecule has 0 radical (unpaired) electrons. The lowest BCUT2D eigenvalue weighted by Gasteiger charge is -2.35. The number of fused-ring (bicyclic) bond motifs is 3. The molecular weight excluding hydrogens is 288 g/mol. The molecule has 0 bridgehead atoms. The fourth-order valence-corrected chi connectivity index (χ4v) is 4.25. The van der Waals surface area contributed by atoms with E-state index in [1.807, 2.05) is 0 Å². The van der Waals surface area contributed by atoms with Gasteiger partial charge in [0.1, 0.15) is 17.7 Å². The number of amidine groups is 1. The van der Waals surface area contributed by atoms with E-state index in [4.69, 9.17) is 9.73 Å². The predicted molar refractivity (Wildman–Crippen MR) is 93.2 cm³/mol. The van der Waals surface area contributed by atoms with Crippen molar-refractivity contribution in [1.29, 1.82) is 0 Å². The summed E-state index contributed by atoms with van der Waals surface area (Å²) < 4.78 is 6.30. The van der Waals surface area contributed by atoms with Crippen molar-refractivity contribution in [1.82, 2.24) is 9.80 Å². The second-order valence-corrected chi connectivity index (χ2v) is 7.41. The predicted octanol–water partition coefficient (Wildman–Crippen LogP) is 1.95. The summed E-state index contributed by atoms with van der Waals surface area (Å²) in [6.07, 6.45) is 8.21. The standard InChI is InChI=1S/C18H28N4O/c1-13(2)21-6-3-16(4-7-21)23-17-10-14-9-15-11-19-5-8-22(15)18(14)20-12-17/h10-11,13-16H,3-9,12H2,1-2H3. The Morgan fingerprint density at radius 3 is 2.83 bits per heavy atom. The molecular formula is C18H28N4O. The van der Waals surface area contributed by atoms with Gasteiger partial charge in [0.25, 0.3) is 0 Å². The number of dihydropyridines is 1. The van der Waals surface area contributed by atoms with Crippen LogP contribution in [0.5, 0.6) is 0 Å². The minimum atomic E-state index is 0.374. The monoisotopic (exact) mass is 316 g/mol. The topological polar surface area (TPSA) is 40.4 Å². The van der Waals surface area contributed by atoms with Crippen molar-refractivity contribution in [3.8, 4) is 0 Å². The lowest BCUT2D eigenvalue weighted by atomic mass is 10.0. The average Bonchev–Trinajstić information content (AvgIpc) is 2.93. The normalized spacial score (nSPS) is 31.7. The molecule has 23 heavy (non-hydrogen) atoms. The molecule has 0 aromatic heterocycles. The van der Waals surface area contributed by atoms with Crippen LogP contribution in [0.3, 0.4) is 0 Å². The van der Waals surface area contributed by atoms with Crippen molar-refractivity contribution >= 4 is 12.1 Å². The summed E-state index contributed by atoms with van der Waals surface area (Å²) in [5.74, 6) is 2.80. The van der Waals surface area contributed by atoms with Crippen LogP contribution in [0.25, 0.3) is 0 Å². The maximum atomic E-state index is 6.30. The number of piperidine rings is 1. The van der Waals surface area contributed by atoms with Gasteiger partial charge in [-0.25, -0.2) is 0 Å². The van der Waals surface area contributed by atoms with Crippen LogP contribution in [0.1, 0.15) is 33.1 Å². The molecule has 0 aliphatic carbocycles. The van der Waals surface area contributed by atoms with Gasteiger partial charge in [0, 0.05) is 37.8 Å². The van der Waals surface area contributed by atoms with E-state index < -0.39 is 0 Å². The molecule has 4 aliphatic rings. The molecule has 2 saturated heterocycles. The zero-order valence-corrected chi connectivity index (χ0v) is 14.3. The third-order valence-corrected chi connectivity index (χ3v) is 5.58. The lowest BCUT2D eigenvalue weighted by molar-refractivity contribution is 0.0388. The minimum absolute atomic E-state index is 0.374. The minimum Gasteiger partial charge on any atom is -0.493 e. The van der Waals surface area contributed by atoms with Crippen molar-refractivity contribution in [2.24, 2.45) is 15.9 Å². The van der Waals surface area contributed by atoms with E-state index in [-0.39, 0.29) is 0 Å². The van der Waals surface area contributed by atoms with Crippen LogP contribution in [0.2, 0.25) is 0 Å². The molecule has 0 aromatic carbocycles. The summed E-state index contributed by atoms with van der Waals surface area (Å²) in [5, 5.41) is 0. The first-order valence-electron chi connectivity index (χ1n) is 9.13. The molecule has 4 aliphatic heterocycles. The van der Waals surface area contributed by atoms with Gasteiger partial charge in [0.05, 0.1) is 19.1 Å². The van der Waals surface area contributed by atoms with Crippen LogP contribution < -0.4 is 0 Å². The molecule has 0 N–H and O–H groups in total. The highest BCUT2D eigenvalue weighted by atomic mass is 16.5. The molecule has 4 heterocycles. The Morgan fingerprint density at radius 2 is 2.04 bits per heavy atom. The van der Waals surface area contributed by atoms with E-state index in [9.17, 15) is 0 Å². The number of ether oxygens (including phenoxy) is 1. The van der Waals surface area contributed by atoms with Gasteiger partial charge >= 0.3 is 0 Å². The second kappa shape index (κ2) is 6.27. The molecule has 0 aromatic rings. The second-order valence-electron chi connectivity index (χ2n) is 7.41. The highest BCUT2D eigenvalue weighted by Crippen LogP contribution is 2.32. The van der Waals surface area contributed by atoms with Crippen LogP contribution in [-0.2, 0) is 4.74 Å².